The van der Waals surface area contributed by atoms with Gasteiger partial charge in [0.05, 0.1) is 12.4 Å². The van der Waals surface area contributed by atoms with Crippen molar-refractivity contribution in [2.75, 3.05) is 19.7 Å². The molecule has 0 radical (unpaired) electrons. The molecule has 0 spiro atoms. The Hall–Kier alpha value is -1.58. The predicted molar refractivity (Wildman–Crippen MR) is 85.2 cm³/mol. The van der Waals surface area contributed by atoms with Crippen LogP contribution in [0.5, 0.6) is 5.75 Å². The summed E-state index contributed by atoms with van der Waals surface area (Å²) in [6.45, 7) is 4.80. The van der Waals surface area contributed by atoms with Gasteiger partial charge in [-0.3, -0.25) is 0 Å². The average Bonchev–Trinajstić information content (AvgIpc) is 3.08. The van der Waals surface area contributed by atoms with Crippen molar-refractivity contribution in [1.82, 2.24) is 5.32 Å². The van der Waals surface area contributed by atoms with Crippen molar-refractivity contribution in [2.45, 2.75) is 25.9 Å². The molecule has 3 rings (SSSR count). The summed E-state index contributed by atoms with van der Waals surface area (Å²) in [7, 11) is 0. The maximum Gasteiger partial charge on any atom is 0.126 e. The van der Waals surface area contributed by atoms with E-state index in [1.54, 1.807) is 6.26 Å². The molecule has 21 heavy (non-hydrogen) atoms. The molecule has 2 aliphatic rings. The minimum Gasteiger partial charge on any atom is -0.465 e. The number of rotatable bonds is 4. The molecule has 112 valence electrons. The second-order valence-corrected chi connectivity index (χ2v) is 5.59. The van der Waals surface area contributed by atoms with Crippen LogP contribution in [0.15, 0.2) is 42.7 Å². The third-order valence-electron chi connectivity index (χ3n) is 4.17. The van der Waals surface area contributed by atoms with Crippen molar-refractivity contribution in [1.29, 1.82) is 0 Å². The van der Waals surface area contributed by atoms with E-state index in [1.165, 1.54) is 24.0 Å². The molecule has 0 saturated carbocycles. The van der Waals surface area contributed by atoms with Crippen molar-refractivity contribution in [3.63, 3.8) is 0 Å². The summed E-state index contributed by atoms with van der Waals surface area (Å²) >= 11 is 0. The summed E-state index contributed by atoms with van der Waals surface area (Å²) in [6, 6.07) is 8.37. The molecule has 0 aliphatic carbocycles. The molecular weight excluding hydrogens is 262 g/mol. The van der Waals surface area contributed by atoms with Crippen LogP contribution in [0.25, 0.3) is 5.57 Å². The Morgan fingerprint density at radius 1 is 1.29 bits per heavy atom. The molecule has 0 bridgehead atoms. The van der Waals surface area contributed by atoms with Gasteiger partial charge in [0.1, 0.15) is 5.75 Å². The number of allylic oxidation sites excluding steroid dienone is 1. The number of benzene rings is 1. The lowest BCUT2D eigenvalue weighted by molar-refractivity contribution is 0.0810. The molecule has 1 saturated heterocycles. The van der Waals surface area contributed by atoms with Crippen LogP contribution < -0.4 is 10.1 Å². The maximum absolute atomic E-state index is 5.91. The molecular formula is C18H23NO2. The van der Waals surface area contributed by atoms with E-state index in [2.05, 4.69) is 23.5 Å². The van der Waals surface area contributed by atoms with Crippen LogP contribution in [0.4, 0.5) is 0 Å². The van der Waals surface area contributed by atoms with Gasteiger partial charge in [0.15, 0.2) is 0 Å². The number of hydrogen-bond acceptors (Lipinski definition) is 3. The van der Waals surface area contributed by atoms with E-state index in [0.29, 0.717) is 12.0 Å². The van der Waals surface area contributed by atoms with Gasteiger partial charge in [0.25, 0.3) is 0 Å². The lowest BCUT2D eigenvalue weighted by atomic mass is 9.85. The molecule has 2 heterocycles. The summed E-state index contributed by atoms with van der Waals surface area (Å²) in [4.78, 5) is 0. The Kier molecular flexibility index (Phi) is 4.73. The first-order valence-electron chi connectivity index (χ1n) is 7.79. The van der Waals surface area contributed by atoms with Gasteiger partial charge < -0.3 is 14.8 Å². The molecule has 3 heteroatoms. The van der Waals surface area contributed by atoms with Crippen molar-refractivity contribution >= 4 is 5.57 Å². The highest BCUT2D eigenvalue weighted by Crippen LogP contribution is 2.33. The predicted octanol–water partition coefficient (Wildman–Crippen LogP) is 3.38. The first-order chi connectivity index (χ1) is 10.4. The van der Waals surface area contributed by atoms with Gasteiger partial charge in [-0.05, 0) is 43.0 Å². The lowest BCUT2D eigenvalue weighted by Gasteiger charge is -2.29. The molecule has 2 atom stereocenters. The van der Waals surface area contributed by atoms with Gasteiger partial charge in [0, 0.05) is 25.6 Å². The van der Waals surface area contributed by atoms with E-state index < -0.39 is 0 Å². The van der Waals surface area contributed by atoms with E-state index >= 15 is 0 Å². The molecule has 1 aromatic carbocycles. The van der Waals surface area contributed by atoms with E-state index in [0.717, 1.165) is 25.4 Å². The number of hydrogen-bond donors (Lipinski definition) is 1. The van der Waals surface area contributed by atoms with Crippen LogP contribution >= 0.6 is 0 Å². The van der Waals surface area contributed by atoms with Gasteiger partial charge in [0.2, 0.25) is 0 Å². The Morgan fingerprint density at radius 2 is 2.14 bits per heavy atom. The Balaban J connectivity index is 1.78. The average molecular weight is 285 g/mol. The summed E-state index contributed by atoms with van der Waals surface area (Å²) in [5, 5.41) is 3.46. The van der Waals surface area contributed by atoms with Gasteiger partial charge >= 0.3 is 0 Å². The maximum atomic E-state index is 5.91. The van der Waals surface area contributed by atoms with Crippen LogP contribution in [0.3, 0.4) is 0 Å². The minimum atomic E-state index is 0.364. The van der Waals surface area contributed by atoms with Crippen molar-refractivity contribution in [2.24, 2.45) is 5.92 Å². The Bertz CT molecular complexity index is 513. The first kappa shape index (κ1) is 14.4. The van der Waals surface area contributed by atoms with E-state index in [9.17, 15) is 0 Å². The van der Waals surface area contributed by atoms with Crippen LogP contribution in [0.1, 0.15) is 25.3 Å². The molecule has 0 amide bonds. The van der Waals surface area contributed by atoms with Gasteiger partial charge in [-0.1, -0.05) is 24.3 Å². The van der Waals surface area contributed by atoms with Crippen LogP contribution in [0.2, 0.25) is 0 Å². The molecule has 1 fully saturated rings. The quantitative estimate of drug-likeness (QED) is 0.860. The molecule has 1 aromatic rings. The molecule has 2 unspecified atom stereocenters. The first-order valence-corrected chi connectivity index (χ1v) is 7.79. The molecule has 1 N–H and O–H groups in total. The third kappa shape index (κ3) is 3.36. The molecule has 0 aromatic heterocycles. The summed E-state index contributed by atoms with van der Waals surface area (Å²) in [5.41, 5.74) is 2.70. The number of ether oxygens (including phenoxy) is 2. The smallest absolute Gasteiger partial charge is 0.126 e. The fraction of sp³-hybridized carbons (Fsp3) is 0.444. The molecule has 3 nitrogen and oxygen atoms in total. The minimum absolute atomic E-state index is 0.364. The molecule has 2 aliphatic heterocycles. The SMILES string of the molecule is C/C=C\Oc1ccc(C2=CCNCC2C2CCCO2)cc1. The van der Waals surface area contributed by atoms with Crippen LogP contribution in [0, 0.1) is 5.92 Å². The summed E-state index contributed by atoms with van der Waals surface area (Å²) in [5.74, 6) is 1.34. The van der Waals surface area contributed by atoms with Gasteiger partial charge in [-0.25, -0.2) is 0 Å². The number of nitrogens with one attached hydrogen (secondary N) is 1. The second-order valence-electron chi connectivity index (χ2n) is 5.59. The third-order valence-corrected chi connectivity index (χ3v) is 4.17. The Morgan fingerprint density at radius 3 is 2.86 bits per heavy atom. The monoisotopic (exact) mass is 285 g/mol. The van der Waals surface area contributed by atoms with Crippen LogP contribution in [-0.4, -0.2) is 25.8 Å². The van der Waals surface area contributed by atoms with E-state index in [-0.39, 0.29) is 0 Å². The fourth-order valence-electron chi connectivity index (χ4n) is 3.14. The highest BCUT2D eigenvalue weighted by Gasteiger charge is 2.30. The van der Waals surface area contributed by atoms with Gasteiger partial charge in [-0.15, -0.1) is 0 Å². The highest BCUT2D eigenvalue weighted by atomic mass is 16.5. The summed E-state index contributed by atoms with van der Waals surface area (Å²) in [6.07, 6.45) is 8.61. The Labute approximate surface area is 126 Å². The lowest BCUT2D eigenvalue weighted by Crippen LogP contribution is -2.36. The highest BCUT2D eigenvalue weighted by molar-refractivity contribution is 5.69. The van der Waals surface area contributed by atoms with Crippen LogP contribution in [-0.2, 0) is 4.74 Å². The van der Waals surface area contributed by atoms with Gasteiger partial charge in [-0.2, -0.15) is 0 Å². The standard InChI is InChI=1S/C18H23NO2/c1-2-11-20-15-7-5-14(6-8-15)16-9-10-19-13-17(16)18-4-3-12-21-18/h2,5-9,11,17-19H,3-4,10,12-13H2,1H3/b11-2-. The normalized spacial score (nSPS) is 26.0. The zero-order valence-corrected chi connectivity index (χ0v) is 12.5. The largest absolute Gasteiger partial charge is 0.465 e. The van der Waals surface area contributed by atoms with E-state index in [4.69, 9.17) is 9.47 Å². The van der Waals surface area contributed by atoms with Crippen molar-refractivity contribution in [3.05, 3.63) is 48.2 Å². The zero-order valence-electron chi connectivity index (χ0n) is 12.5. The topological polar surface area (TPSA) is 30.5 Å². The van der Waals surface area contributed by atoms with Crippen molar-refractivity contribution in [3.8, 4) is 5.75 Å². The van der Waals surface area contributed by atoms with E-state index in [1.807, 2.05) is 25.1 Å². The second kappa shape index (κ2) is 6.92. The van der Waals surface area contributed by atoms with Crippen molar-refractivity contribution < 1.29 is 9.47 Å². The zero-order chi connectivity index (χ0) is 14.5. The fourth-order valence-corrected chi connectivity index (χ4v) is 3.14. The summed E-state index contributed by atoms with van der Waals surface area (Å²) < 4.78 is 11.4.